The minimum absolute atomic E-state index is 0.125. The van der Waals surface area contributed by atoms with E-state index in [-0.39, 0.29) is 18.5 Å². The molecule has 1 aliphatic rings. The molecule has 2 amide bonds. The van der Waals surface area contributed by atoms with Gasteiger partial charge in [-0.15, -0.1) is 0 Å². The number of rotatable bonds is 9. The largest absolute Gasteiger partial charge is 0.352 e. The van der Waals surface area contributed by atoms with Crippen molar-refractivity contribution in [3.05, 3.63) is 64.6 Å². The Morgan fingerprint density at radius 2 is 1.76 bits per heavy atom. The Bertz CT molecular complexity index is 1070. The molecule has 2 aromatic rings. The molecule has 2 aromatic carbocycles. The molecule has 0 heterocycles. The van der Waals surface area contributed by atoms with Crippen LogP contribution in [0.1, 0.15) is 38.2 Å². The van der Waals surface area contributed by atoms with Crippen LogP contribution in [0, 0.1) is 0 Å². The number of amides is 2. The molecule has 7 nitrogen and oxygen atoms in total. The molecular formula is C24H30BrN3O4S. The second-order valence-corrected chi connectivity index (χ2v) is 11.2. The third-order valence-electron chi connectivity index (χ3n) is 5.83. The smallest absolute Gasteiger partial charge is 0.244 e. The fourth-order valence-corrected chi connectivity index (χ4v) is 5.31. The van der Waals surface area contributed by atoms with Gasteiger partial charge in [0.25, 0.3) is 0 Å². The molecule has 0 aromatic heterocycles. The molecule has 1 fully saturated rings. The maximum absolute atomic E-state index is 13.5. The molecule has 0 radical (unpaired) electrons. The summed E-state index contributed by atoms with van der Waals surface area (Å²) in [5.41, 5.74) is 1.24. The molecule has 1 atom stereocenters. The molecule has 0 unspecified atom stereocenters. The van der Waals surface area contributed by atoms with Crippen molar-refractivity contribution >= 4 is 43.5 Å². The minimum Gasteiger partial charge on any atom is -0.352 e. The highest BCUT2D eigenvalue weighted by molar-refractivity contribution is 9.10. The van der Waals surface area contributed by atoms with Crippen LogP contribution in [0.5, 0.6) is 0 Å². The summed E-state index contributed by atoms with van der Waals surface area (Å²) in [6, 6.07) is 15.4. The molecular weight excluding hydrogens is 506 g/mol. The molecule has 0 bridgehead atoms. The maximum Gasteiger partial charge on any atom is 0.244 e. The van der Waals surface area contributed by atoms with Crippen LogP contribution in [0.15, 0.2) is 59.1 Å². The number of hydrogen-bond donors (Lipinski definition) is 1. The van der Waals surface area contributed by atoms with Crippen LogP contribution < -0.4 is 9.62 Å². The number of para-hydroxylation sites is 1. The first-order valence-electron chi connectivity index (χ1n) is 11.0. The maximum atomic E-state index is 13.5. The molecule has 1 saturated carbocycles. The van der Waals surface area contributed by atoms with Gasteiger partial charge < -0.3 is 10.2 Å². The first-order chi connectivity index (χ1) is 15.6. The zero-order valence-electron chi connectivity index (χ0n) is 18.9. The number of benzene rings is 2. The molecule has 3 rings (SSSR count). The summed E-state index contributed by atoms with van der Waals surface area (Å²) in [6.07, 6.45) is 5.12. The second-order valence-electron chi connectivity index (χ2n) is 8.42. The summed E-state index contributed by atoms with van der Waals surface area (Å²) in [7, 11) is -3.71. The molecule has 9 heteroatoms. The van der Waals surface area contributed by atoms with Crippen molar-refractivity contribution in [2.45, 2.75) is 51.2 Å². The second kappa shape index (κ2) is 11.2. The lowest BCUT2D eigenvalue weighted by atomic mass is 10.1. The van der Waals surface area contributed by atoms with Gasteiger partial charge >= 0.3 is 0 Å². The number of carbonyl (C=O) groups excluding carboxylic acids is 2. The number of nitrogens with one attached hydrogen (secondary N) is 1. The number of hydrogen-bond acceptors (Lipinski definition) is 4. The Balaban J connectivity index is 1.86. The van der Waals surface area contributed by atoms with Crippen molar-refractivity contribution in [1.82, 2.24) is 10.2 Å². The van der Waals surface area contributed by atoms with Crippen LogP contribution in [0.25, 0.3) is 0 Å². The average Bonchev–Trinajstić information content (AvgIpc) is 3.28. The summed E-state index contributed by atoms with van der Waals surface area (Å²) in [4.78, 5) is 27.9. The van der Waals surface area contributed by atoms with E-state index in [2.05, 4.69) is 21.2 Å². The Kier molecular flexibility index (Phi) is 8.53. The van der Waals surface area contributed by atoms with Gasteiger partial charge in [-0.25, -0.2) is 8.42 Å². The molecule has 1 N–H and O–H groups in total. The number of carbonyl (C=O) groups is 2. The van der Waals surface area contributed by atoms with Crippen LogP contribution in [0.3, 0.4) is 0 Å². The van der Waals surface area contributed by atoms with Crippen LogP contribution in [0.4, 0.5) is 5.69 Å². The topological polar surface area (TPSA) is 86.8 Å². The summed E-state index contributed by atoms with van der Waals surface area (Å²) < 4.78 is 26.9. The fourth-order valence-electron chi connectivity index (χ4n) is 4.01. The van der Waals surface area contributed by atoms with Gasteiger partial charge in [0.15, 0.2) is 0 Å². The summed E-state index contributed by atoms with van der Waals surface area (Å²) in [5.74, 6) is -0.672. The third-order valence-corrected chi connectivity index (χ3v) is 7.47. The van der Waals surface area contributed by atoms with Crippen molar-refractivity contribution in [3.8, 4) is 0 Å². The number of halogens is 1. The average molecular weight is 536 g/mol. The van der Waals surface area contributed by atoms with Crippen molar-refractivity contribution in [2.75, 3.05) is 17.1 Å². The quantitative estimate of drug-likeness (QED) is 0.530. The van der Waals surface area contributed by atoms with E-state index in [1.807, 2.05) is 24.3 Å². The van der Waals surface area contributed by atoms with Gasteiger partial charge in [0, 0.05) is 17.1 Å². The fraction of sp³-hybridized carbons (Fsp3) is 0.417. The summed E-state index contributed by atoms with van der Waals surface area (Å²) >= 11 is 3.44. The Hall–Kier alpha value is -2.39. The van der Waals surface area contributed by atoms with E-state index in [0.29, 0.717) is 5.69 Å². The van der Waals surface area contributed by atoms with E-state index in [0.717, 1.165) is 46.3 Å². The highest BCUT2D eigenvalue weighted by Gasteiger charge is 2.31. The first-order valence-corrected chi connectivity index (χ1v) is 13.7. The van der Waals surface area contributed by atoms with E-state index in [4.69, 9.17) is 0 Å². The van der Waals surface area contributed by atoms with E-state index >= 15 is 0 Å². The minimum atomic E-state index is -3.71. The van der Waals surface area contributed by atoms with Gasteiger partial charge in [-0.3, -0.25) is 13.9 Å². The van der Waals surface area contributed by atoms with Gasteiger partial charge in [-0.1, -0.05) is 59.1 Å². The summed E-state index contributed by atoms with van der Waals surface area (Å²) in [6.45, 7) is 1.48. The van der Waals surface area contributed by atoms with Crippen molar-refractivity contribution in [1.29, 1.82) is 0 Å². The van der Waals surface area contributed by atoms with Crippen molar-refractivity contribution in [3.63, 3.8) is 0 Å². The standard InChI is InChI=1S/C24H30BrN3O4S/c1-18(24(30)26-21-11-6-7-12-21)27(16-19-9-8-10-20(25)15-19)23(29)17-28(33(2,31)32)22-13-4-3-5-14-22/h3-5,8-10,13-15,18,21H,6-7,11-12,16-17H2,1-2H3,(H,26,30)/t18-/m0/s1. The monoisotopic (exact) mass is 535 g/mol. The highest BCUT2D eigenvalue weighted by Crippen LogP contribution is 2.21. The van der Waals surface area contributed by atoms with E-state index in [1.165, 1.54) is 4.90 Å². The lowest BCUT2D eigenvalue weighted by Gasteiger charge is -2.32. The van der Waals surface area contributed by atoms with Gasteiger partial charge in [-0.05, 0) is 49.6 Å². The SMILES string of the molecule is C[C@@H](C(=O)NC1CCCC1)N(Cc1cccc(Br)c1)C(=O)CN(c1ccccc1)S(C)(=O)=O. The van der Waals surface area contributed by atoms with Crippen LogP contribution >= 0.6 is 15.9 Å². The molecule has 0 spiro atoms. The zero-order chi connectivity index (χ0) is 24.0. The normalized spacial score (nSPS) is 15.1. The van der Waals surface area contributed by atoms with Crippen molar-refractivity contribution < 1.29 is 18.0 Å². The molecule has 33 heavy (non-hydrogen) atoms. The van der Waals surface area contributed by atoms with E-state index < -0.39 is 28.5 Å². The van der Waals surface area contributed by atoms with Gasteiger partial charge in [0.05, 0.1) is 11.9 Å². The van der Waals surface area contributed by atoms with Gasteiger partial charge in [0.1, 0.15) is 12.6 Å². The Morgan fingerprint density at radius 1 is 1.09 bits per heavy atom. The molecule has 0 saturated heterocycles. The summed E-state index contributed by atoms with van der Waals surface area (Å²) in [5, 5.41) is 3.05. The van der Waals surface area contributed by atoms with E-state index in [1.54, 1.807) is 37.3 Å². The Morgan fingerprint density at radius 3 is 2.36 bits per heavy atom. The first kappa shape index (κ1) is 25.2. The number of nitrogens with zero attached hydrogens (tertiary/aromatic N) is 2. The third kappa shape index (κ3) is 7.04. The predicted octanol–water partition coefficient (Wildman–Crippen LogP) is 3.69. The number of anilines is 1. The van der Waals surface area contributed by atoms with Crippen molar-refractivity contribution in [2.24, 2.45) is 0 Å². The van der Waals surface area contributed by atoms with Crippen LogP contribution in [-0.4, -0.2) is 50.0 Å². The predicted molar refractivity (Wildman–Crippen MR) is 133 cm³/mol. The molecule has 178 valence electrons. The molecule has 0 aliphatic heterocycles. The Labute approximate surface area is 204 Å². The molecule has 1 aliphatic carbocycles. The highest BCUT2D eigenvalue weighted by atomic mass is 79.9. The van der Waals surface area contributed by atoms with Gasteiger partial charge in [0.2, 0.25) is 21.8 Å². The van der Waals surface area contributed by atoms with E-state index in [9.17, 15) is 18.0 Å². The zero-order valence-corrected chi connectivity index (χ0v) is 21.3. The lowest BCUT2D eigenvalue weighted by molar-refractivity contribution is -0.139. The number of sulfonamides is 1. The lowest BCUT2D eigenvalue weighted by Crippen LogP contribution is -2.52. The van der Waals surface area contributed by atoms with Crippen LogP contribution in [0.2, 0.25) is 0 Å². The van der Waals surface area contributed by atoms with Crippen LogP contribution in [-0.2, 0) is 26.2 Å². The van der Waals surface area contributed by atoms with Gasteiger partial charge in [-0.2, -0.15) is 0 Å².